The summed E-state index contributed by atoms with van der Waals surface area (Å²) >= 11 is 0. The SMILES string of the molecule is CC(=O)CC(C(=O)O)C(CC(C)=O)C(=O)O. The van der Waals surface area contributed by atoms with E-state index in [-0.39, 0.29) is 12.8 Å². The first-order valence-corrected chi connectivity index (χ1v) is 4.70. The monoisotopic (exact) mass is 230 g/mol. The Kier molecular flexibility index (Phi) is 5.35. The van der Waals surface area contributed by atoms with E-state index in [0.717, 1.165) is 0 Å². The lowest BCUT2D eigenvalue weighted by Gasteiger charge is -2.17. The predicted molar refractivity (Wildman–Crippen MR) is 52.8 cm³/mol. The largest absolute Gasteiger partial charge is 0.481 e. The lowest BCUT2D eigenvalue weighted by molar-refractivity contribution is -0.155. The quantitative estimate of drug-likeness (QED) is 0.653. The highest BCUT2D eigenvalue weighted by atomic mass is 16.4. The van der Waals surface area contributed by atoms with Crippen LogP contribution in [0, 0.1) is 11.8 Å². The molecule has 0 heterocycles. The molecule has 90 valence electrons. The molecule has 0 amide bonds. The van der Waals surface area contributed by atoms with Crippen molar-refractivity contribution in [2.45, 2.75) is 26.7 Å². The van der Waals surface area contributed by atoms with E-state index >= 15 is 0 Å². The van der Waals surface area contributed by atoms with Crippen molar-refractivity contribution in [1.82, 2.24) is 0 Å². The highest BCUT2D eigenvalue weighted by Gasteiger charge is 2.35. The molecule has 6 heteroatoms. The Morgan fingerprint density at radius 1 is 0.812 bits per heavy atom. The standard InChI is InChI=1S/C10H14O6/c1-5(11)3-7(9(13)14)8(10(15)16)4-6(2)12/h7-8H,3-4H2,1-2H3,(H,13,14)(H,15,16). The van der Waals surface area contributed by atoms with Crippen molar-refractivity contribution in [3.8, 4) is 0 Å². The Balaban J connectivity index is 4.93. The number of aliphatic carboxylic acids is 2. The fourth-order valence-electron chi connectivity index (χ4n) is 1.42. The first-order chi connectivity index (χ1) is 7.25. The molecular weight excluding hydrogens is 216 g/mol. The molecule has 0 spiro atoms. The van der Waals surface area contributed by atoms with Crippen molar-refractivity contribution in [3.05, 3.63) is 0 Å². The van der Waals surface area contributed by atoms with Crippen molar-refractivity contribution in [2.24, 2.45) is 11.8 Å². The zero-order valence-electron chi connectivity index (χ0n) is 9.10. The van der Waals surface area contributed by atoms with E-state index in [9.17, 15) is 19.2 Å². The van der Waals surface area contributed by atoms with E-state index < -0.39 is 35.3 Å². The number of hydrogen-bond acceptors (Lipinski definition) is 4. The van der Waals surface area contributed by atoms with Gasteiger partial charge in [0.05, 0.1) is 11.8 Å². The Morgan fingerprint density at radius 2 is 1.06 bits per heavy atom. The van der Waals surface area contributed by atoms with Crippen LogP contribution in [-0.2, 0) is 19.2 Å². The van der Waals surface area contributed by atoms with Crippen molar-refractivity contribution in [1.29, 1.82) is 0 Å². The Hall–Kier alpha value is -1.72. The number of carboxylic acid groups (broad SMARTS) is 2. The summed E-state index contributed by atoms with van der Waals surface area (Å²) in [6.07, 6.45) is -0.751. The van der Waals surface area contributed by atoms with Crippen LogP contribution in [0.15, 0.2) is 0 Å². The molecule has 0 fully saturated rings. The first-order valence-electron chi connectivity index (χ1n) is 4.70. The van der Waals surface area contributed by atoms with Crippen LogP contribution in [0.2, 0.25) is 0 Å². The lowest BCUT2D eigenvalue weighted by atomic mass is 9.85. The Bertz CT molecular complexity index is 287. The van der Waals surface area contributed by atoms with Crippen molar-refractivity contribution < 1.29 is 29.4 Å². The molecule has 2 atom stereocenters. The average Bonchev–Trinajstić information content (AvgIpc) is 2.09. The van der Waals surface area contributed by atoms with E-state index in [1.165, 1.54) is 13.8 Å². The number of rotatable bonds is 7. The second-order valence-electron chi connectivity index (χ2n) is 3.70. The molecule has 0 rings (SSSR count). The molecule has 2 unspecified atom stereocenters. The summed E-state index contributed by atoms with van der Waals surface area (Å²) in [6.45, 7) is 2.37. The molecule has 16 heavy (non-hydrogen) atoms. The summed E-state index contributed by atoms with van der Waals surface area (Å²) in [4.78, 5) is 43.3. The number of carbonyl (C=O) groups excluding carboxylic acids is 2. The van der Waals surface area contributed by atoms with Gasteiger partial charge in [0.1, 0.15) is 11.6 Å². The van der Waals surface area contributed by atoms with E-state index in [4.69, 9.17) is 10.2 Å². The highest BCUT2D eigenvalue weighted by molar-refractivity contribution is 5.89. The van der Waals surface area contributed by atoms with Gasteiger partial charge in [-0.05, 0) is 13.8 Å². The summed E-state index contributed by atoms with van der Waals surface area (Å²) < 4.78 is 0. The molecule has 0 aromatic rings. The van der Waals surface area contributed by atoms with Gasteiger partial charge in [-0.3, -0.25) is 9.59 Å². The third-order valence-electron chi connectivity index (χ3n) is 2.13. The number of carboxylic acids is 2. The Labute approximate surface area is 92.3 Å². The smallest absolute Gasteiger partial charge is 0.307 e. The van der Waals surface area contributed by atoms with Gasteiger partial charge in [-0.2, -0.15) is 0 Å². The van der Waals surface area contributed by atoms with Gasteiger partial charge < -0.3 is 19.8 Å². The van der Waals surface area contributed by atoms with Gasteiger partial charge in [-0.25, -0.2) is 0 Å². The maximum Gasteiger partial charge on any atom is 0.307 e. The molecule has 0 aliphatic heterocycles. The minimum atomic E-state index is -1.37. The van der Waals surface area contributed by atoms with Crippen molar-refractivity contribution in [2.75, 3.05) is 0 Å². The summed E-state index contributed by atoms with van der Waals surface area (Å²) in [6, 6.07) is 0. The molecule has 0 saturated carbocycles. The number of ketones is 2. The van der Waals surface area contributed by atoms with Gasteiger partial charge in [0, 0.05) is 12.8 Å². The molecule has 0 aromatic carbocycles. The topological polar surface area (TPSA) is 109 Å². The maximum absolute atomic E-state index is 10.8. The lowest BCUT2D eigenvalue weighted by Crippen LogP contribution is -2.32. The minimum absolute atomic E-state index is 0.375. The number of hydrogen-bond donors (Lipinski definition) is 2. The third kappa shape index (κ3) is 4.68. The molecule has 6 nitrogen and oxygen atoms in total. The first kappa shape index (κ1) is 14.3. The number of carbonyl (C=O) groups is 4. The number of Topliss-reactive ketones (excluding diaryl/α,β-unsaturated/α-hetero) is 2. The molecule has 0 saturated heterocycles. The van der Waals surface area contributed by atoms with E-state index in [2.05, 4.69) is 0 Å². The molecular formula is C10H14O6. The zero-order chi connectivity index (χ0) is 12.9. The normalized spacial score (nSPS) is 13.9. The van der Waals surface area contributed by atoms with Gasteiger partial charge in [0.15, 0.2) is 0 Å². The van der Waals surface area contributed by atoms with Gasteiger partial charge in [0.25, 0.3) is 0 Å². The van der Waals surface area contributed by atoms with Crippen molar-refractivity contribution in [3.63, 3.8) is 0 Å². The second-order valence-corrected chi connectivity index (χ2v) is 3.70. The molecule has 0 aliphatic rings. The van der Waals surface area contributed by atoms with Gasteiger partial charge in [-0.15, -0.1) is 0 Å². The van der Waals surface area contributed by atoms with Gasteiger partial charge in [0.2, 0.25) is 0 Å². The van der Waals surface area contributed by atoms with Crippen LogP contribution in [0.5, 0.6) is 0 Å². The fraction of sp³-hybridized carbons (Fsp3) is 0.600. The third-order valence-corrected chi connectivity index (χ3v) is 2.13. The fourth-order valence-corrected chi connectivity index (χ4v) is 1.42. The Morgan fingerprint density at radius 3 is 1.19 bits per heavy atom. The molecule has 0 aliphatic carbocycles. The van der Waals surface area contributed by atoms with Gasteiger partial charge in [-0.1, -0.05) is 0 Å². The zero-order valence-corrected chi connectivity index (χ0v) is 9.10. The van der Waals surface area contributed by atoms with E-state index in [1.54, 1.807) is 0 Å². The van der Waals surface area contributed by atoms with E-state index in [1.807, 2.05) is 0 Å². The molecule has 0 radical (unpaired) electrons. The van der Waals surface area contributed by atoms with Crippen LogP contribution in [0.1, 0.15) is 26.7 Å². The van der Waals surface area contributed by atoms with Crippen LogP contribution in [0.3, 0.4) is 0 Å². The van der Waals surface area contributed by atoms with Crippen LogP contribution >= 0.6 is 0 Å². The summed E-state index contributed by atoms with van der Waals surface area (Å²) in [5.41, 5.74) is 0. The second kappa shape index (κ2) is 5.99. The van der Waals surface area contributed by atoms with Crippen molar-refractivity contribution >= 4 is 23.5 Å². The summed E-state index contributed by atoms with van der Waals surface area (Å²) in [5.74, 6) is -6.27. The predicted octanol–water partition coefficient (Wildman–Crippen LogP) is 0.346. The van der Waals surface area contributed by atoms with Crippen LogP contribution in [-0.4, -0.2) is 33.7 Å². The van der Waals surface area contributed by atoms with E-state index in [0.29, 0.717) is 0 Å². The average molecular weight is 230 g/mol. The molecule has 2 N–H and O–H groups in total. The molecule has 0 bridgehead atoms. The van der Waals surface area contributed by atoms with Crippen LogP contribution in [0.4, 0.5) is 0 Å². The maximum atomic E-state index is 10.8. The minimum Gasteiger partial charge on any atom is -0.481 e. The van der Waals surface area contributed by atoms with Gasteiger partial charge >= 0.3 is 11.9 Å². The van der Waals surface area contributed by atoms with Crippen LogP contribution in [0.25, 0.3) is 0 Å². The molecule has 0 aromatic heterocycles. The summed E-state index contributed by atoms with van der Waals surface area (Å²) in [7, 11) is 0. The highest BCUT2D eigenvalue weighted by Crippen LogP contribution is 2.21. The summed E-state index contributed by atoms with van der Waals surface area (Å²) in [5, 5.41) is 17.7. The van der Waals surface area contributed by atoms with Crippen LogP contribution < -0.4 is 0 Å².